The monoisotopic (exact) mass is 427 g/mol. The Labute approximate surface area is 178 Å². The van der Waals surface area contributed by atoms with Crippen LogP contribution in [0.15, 0.2) is 60.7 Å². The van der Waals surface area contributed by atoms with E-state index in [0.717, 1.165) is 5.56 Å². The van der Waals surface area contributed by atoms with E-state index in [0.29, 0.717) is 28.1 Å². The van der Waals surface area contributed by atoms with Crippen molar-refractivity contribution in [3.05, 3.63) is 93.8 Å². The number of hydrogen-bond acceptors (Lipinski definition) is 3. The van der Waals surface area contributed by atoms with Crippen molar-refractivity contribution in [3.8, 4) is 5.75 Å². The molecule has 0 saturated carbocycles. The second-order valence-corrected chi connectivity index (χ2v) is 7.14. The molecule has 0 radical (unpaired) electrons. The van der Waals surface area contributed by atoms with Crippen LogP contribution in [0.4, 0.5) is 10.1 Å². The Morgan fingerprint density at radius 1 is 1.07 bits per heavy atom. The zero-order valence-corrected chi connectivity index (χ0v) is 16.9. The number of ether oxygens (including phenoxy) is 1. The normalized spacial score (nSPS) is 10.5. The van der Waals surface area contributed by atoms with Crippen LogP contribution >= 0.6 is 11.6 Å². The summed E-state index contributed by atoms with van der Waals surface area (Å²) in [5, 5.41) is 11.8. The molecule has 0 fully saturated rings. The van der Waals surface area contributed by atoms with Gasteiger partial charge in [-0.1, -0.05) is 35.9 Å². The lowest BCUT2D eigenvalue weighted by Crippen LogP contribution is -2.14. The predicted octanol–water partition coefficient (Wildman–Crippen LogP) is 5.25. The molecule has 0 atom stereocenters. The number of rotatable bonds is 7. The first-order chi connectivity index (χ1) is 14.3. The molecule has 1 amide bonds. The third-order valence-electron chi connectivity index (χ3n) is 4.39. The number of carboxylic acids is 1. The van der Waals surface area contributed by atoms with Crippen LogP contribution in [0.5, 0.6) is 5.75 Å². The van der Waals surface area contributed by atoms with Gasteiger partial charge in [0, 0.05) is 5.56 Å². The average Bonchev–Trinajstić information content (AvgIpc) is 2.69. The Hall–Kier alpha value is -3.38. The minimum absolute atomic E-state index is 0.155. The number of benzene rings is 3. The molecule has 3 aromatic carbocycles. The van der Waals surface area contributed by atoms with Crippen LogP contribution < -0.4 is 10.1 Å². The van der Waals surface area contributed by atoms with Gasteiger partial charge in [-0.05, 0) is 60.0 Å². The lowest BCUT2D eigenvalue weighted by atomic mass is 10.1. The second kappa shape index (κ2) is 9.41. The van der Waals surface area contributed by atoms with Crippen LogP contribution in [0.1, 0.15) is 27.0 Å². The molecule has 0 aromatic heterocycles. The van der Waals surface area contributed by atoms with Crippen molar-refractivity contribution in [1.82, 2.24) is 0 Å². The summed E-state index contributed by atoms with van der Waals surface area (Å²) >= 11 is 6.18. The average molecular weight is 428 g/mol. The molecular weight excluding hydrogens is 409 g/mol. The number of carbonyl (C=O) groups is 2. The van der Waals surface area contributed by atoms with Crippen molar-refractivity contribution in [3.63, 3.8) is 0 Å². The Morgan fingerprint density at radius 3 is 2.57 bits per heavy atom. The van der Waals surface area contributed by atoms with Crippen molar-refractivity contribution in [2.75, 3.05) is 5.32 Å². The summed E-state index contributed by atoms with van der Waals surface area (Å²) in [6.07, 6.45) is -0.155. The Kier molecular flexibility index (Phi) is 6.69. The van der Waals surface area contributed by atoms with E-state index in [1.807, 2.05) is 0 Å². The first-order valence-corrected chi connectivity index (χ1v) is 9.49. The van der Waals surface area contributed by atoms with Gasteiger partial charge in [-0.3, -0.25) is 9.59 Å². The van der Waals surface area contributed by atoms with E-state index in [1.165, 1.54) is 18.2 Å². The van der Waals surface area contributed by atoms with Gasteiger partial charge >= 0.3 is 5.97 Å². The Bertz CT molecular complexity index is 1100. The molecule has 5 nitrogen and oxygen atoms in total. The smallest absolute Gasteiger partial charge is 0.307 e. The molecule has 3 rings (SSSR count). The van der Waals surface area contributed by atoms with Crippen LogP contribution in [-0.4, -0.2) is 17.0 Å². The molecule has 30 heavy (non-hydrogen) atoms. The standard InChI is InChI=1S/C23H19ClFNO4/c1-14-5-7-18(30-13-16-3-2-4-17(25)9-16)12-19(14)23(29)26-21-8-6-15(10-20(21)24)11-22(27)28/h2-10,12H,11,13H2,1H3,(H,26,29)(H,27,28). The van der Waals surface area contributed by atoms with E-state index in [4.69, 9.17) is 21.4 Å². The van der Waals surface area contributed by atoms with E-state index < -0.39 is 5.97 Å². The molecule has 0 aliphatic heterocycles. The lowest BCUT2D eigenvalue weighted by molar-refractivity contribution is -0.136. The molecule has 154 valence electrons. The maximum atomic E-state index is 13.3. The van der Waals surface area contributed by atoms with Crippen molar-refractivity contribution < 1.29 is 23.8 Å². The van der Waals surface area contributed by atoms with E-state index in [1.54, 1.807) is 49.4 Å². The highest BCUT2D eigenvalue weighted by Crippen LogP contribution is 2.25. The molecule has 0 aliphatic rings. The summed E-state index contributed by atoms with van der Waals surface area (Å²) in [4.78, 5) is 23.6. The maximum Gasteiger partial charge on any atom is 0.307 e. The van der Waals surface area contributed by atoms with E-state index in [-0.39, 0.29) is 29.8 Å². The molecule has 7 heteroatoms. The van der Waals surface area contributed by atoms with Crippen LogP contribution in [0.25, 0.3) is 0 Å². The van der Waals surface area contributed by atoms with Crippen molar-refractivity contribution in [2.45, 2.75) is 20.0 Å². The SMILES string of the molecule is Cc1ccc(OCc2cccc(F)c2)cc1C(=O)Nc1ccc(CC(=O)O)cc1Cl. The van der Waals surface area contributed by atoms with Gasteiger partial charge in [0.2, 0.25) is 0 Å². The number of amides is 1. The fourth-order valence-corrected chi connectivity index (χ4v) is 3.11. The number of aryl methyl sites for hydroxylation is 1. The third kappa shape index (κ3) is 5.58. The summed E-state index contributed by atoms with van der Waals surface area (Å²) in [7, 11) is 0. The summed E-state index contributed by atoms with van der Waals surface area (Å²) < 4.78 is 19.0. The number of nitrogens with one attached hydrogen (secondary N) is 1. The molecule has 0 saturated heterocycles. The highest BCUT2D eigenvalue weighted by atomic mass is 35.5. The Balaban J connectivity index is 1.72. The quantitative estimate of drug-likeness (QED) is 0.540. The number of carbonyl (C=O) groups excluding carboxylic acids is 1. The van der Waals surface area contributed by atoms with Crippen molar-refractivity contribution in [2.24, 2.45) is 0 Å². The molecule has 0 heterocycles. The van der Waals surface area contributed by atoms with Crippen molar-refractivity contribution in [1.29, 1.82) is 0 Å². The fraction of sp³-hybridized carbons (Fsp3) is 0.130. The maximum absolute atomic E-state index is 13.3. The second-order valence-electron chi connectivity index (χ2n) is 6.73. The van der Waals surface area contributed by atoms with Gasteiger partial charge in [0.15, 0.2) is 0 Å². The minimum Gasteiger partial charge on any atom is -0.489 e. The van der Waals surface area contributed by atoms with E-state index >= 15 is 0 Å². The Morgan fingerprint density at radius 2 is 1.87 bits per heavy atom. The number of aliphatic carboxylic acids is 1. The predicted molar refractivity (Wildman–Crippen MR) is 113 cm³/mol. The molecule has 0 spiro atoms. The van der Waals surface area contributed by atoms with E-state index in [9.17, 15) is 14.0 Å². The third-order valence-corrected chi connectivity index (χ3v) is 4.70. The molecule has 0 aliphatic carbocycles. The van der Waals surface area contributed by atoms with Gasteiger partial charge in [0.25, 0.3) is 5.91 Å². The largest absolute Gasteiger partial charge is 0.489 e. The minimum atomic E-state index is -0.964. The van der Waals surface area contributed by atoms with Gasteiger partial charge < -0.3 is 15.2 Å². The molecule has 0 unspecified atom stereocenters. The number of anilines is 1. The van der Waals surface area contributed by atoms with Gasteiger partial charge in [-0.2, -0.15) is 0 Å². The van der Waals surface area contributed by atoms with Gasteiger partial charge in [-0.15, -0.1) is 0 Å². The molecule has 0 bridgehead atoms. The van der Waals surface area contributed by atoms with Crippen LogP contribution in [-0.2, 0) is 17.8 Å². The summed E-state index contributed by atoms with van der Waals surface area (Å²) in [5.41, 5.74) is 2.73. The van der Waals surface area contributed by atoms with Crippen LogP contribution in [0.2, 0.25) is 5.02 Å². The highest BCUT2D eigenvalue weighted by Gasteiger charge is 2.13. The fourth-order valence-electron chi connectivity index (χ4n) is 2.86. The zero-order chi connectivity index (χ0) is 21.7. The van der Waals surface area contributed by atoms with Gasteiger partial charge in [0.1, 0.15) is 18.2 Å². The summed E-state index contributed by atoms with van der Waals surface area (Å²) in [5.74, 6) is -1.21. The van der Waals surface area contributed by atoms with Crippen LogP contribution in [0, 0.1) is 12.7 Å². The van der Waals surface area contributed by atoms with Crippen LogP contribution in [0.3, 0.4) is 0 Å². The lowest BCUT2D eigenvalue weighted by Gasteiger charge is -2.12. The number of carboxylic acid groups (broad SMARTS) is 1. The zero-order valence-electron chi connectivity index (χ0n) is 16.1. The highest BCUT2D eigenvalue weighted by molar-refractivity contribution is 6.34. The summed E-state index contributed by atoms with van der Waals surface area (Å²) in [6.45, 7) is 1.96. The topological polar surface area (TPSA) is 75.6 Å². The first kappa shape index (κ1) is 21.3. The van der Waals surface area contributed by atoms with E-state index in [2.05, 4.69) is 5.32 Å². The number of halogens is 2. The summed E-state index contributed by atoms with van der Waals surface area (Å²) in [6, 6.07) is 15.9. The molecular formula is C23H19ClFNO4. The van der Waals surface area contributed by atoms with Gasteiger partial charge in [0.05, 0.1) is 17.1 Å². The first-order valence-electron chi connectivity index (χ1n) is 9.11. The number of hydrogen-bond donors (Lipinski definition) is 2. The molecule has 2 N–H and O–H groups in total. The molecule has 3 aromatic rings. The van der Waals surface area contributed by atoms with Crippen molar-refractivity contribution >= 4 is 29.2 Å². The van der Waals surface area contributed by atoms with Gasteiger partial charge in [-0.25, -0.2) is 4.39 Å².